The van der Waals surface area contributed by atoms with E-state index in [1.807, 2.05) is 6.92 Å². The summed E-state index contributed by atoms with van der Waals surface area (Å²) in [5.74, 6) is 1.25. The summed E-state index contributed by atoms with van der Waals surface area (Å²) in [5.41, 5.74) is 0. The maximum atomic E-state index is 13.4. The molecule has 0 spiro atoms. The Balaban J connectivity index is 1.59. The molecule has 2 saturated carbocycles. The molecule has 2 aliphatic carbocycles. The largest absolute Gasteiger partial charge is 0.466 e. The molecule has 1 N–H and O–H groups in total. The number of nitrogens with zero attached hydrogens (tertiary/aromatic N) is 2. The fourth-order valence-corrected chi connectivity index (χ4v) is 6.55. The normalized spacial score (nSPS) is 22.5. The molecule has 2 fully saturated rings. The van der Waals surface area contributed by atoms with Crippen molar-refractivity contribution in [3.8, 4) is 0 Å². The van der Waals surface area contributed by atoms with Crippen LogP contribution in [0.15, 0.2) is 10.4 Å². The number of ether oxygens (including phenoxy) is 1. The van der Waals surface area contributed by atoms with Gasteiger partial charge in [-0.1, -0.05) is 43.9 Å². The van der Waals surface area contributed by atoms with Gasteiger partial charge in [-0.2, -0.15) is 0 Å². The van der Waals surface area contributed by atoms with Crippen molar-refractivity contribution in [2.24, 2.45) is 5.92 Å². The van der Waals surface area contributed by atoms with Gasteiger partial charge in [0.25, 0.3) is 0 Å². The molecular weight excluding hydrogens is 430 g/mol. The summed E-state index contributed by atoms with van der Waals surface area (Å²) in [6, 6.07) is 0.709. The number of aromatic nitrogens is 1. The van der Waals surface area contributed by atoms with Gasteiger partial charge in [-0.25, -0.2) is 9.78 Å². The average Bonchev–Trinajstić information content (AvgIpc) is 3.01. The van der Waals surface area contributed by atoms with Crippen LogP contribution in [0.25, 0.3) is 0 Å². The van der Waals surface area contributed by atoms with Crippen molar-refractivity contribution in [1.29, 1.82) is 0 Å². The van der Waals surface area contributed by atoms with Crippen LogP contribution in [0.1, 0.15) is 84.5 Å². The molecule has 0 unspecified atom stereocenters. The van der Waals surface area contributed by atoms with Gasteiger partial charge in [0.1, 0.15) is 0 Å². The second kappa shape index (κ2) is 12.7. The van der Waals surface area contributed by atoms with Crippen LogP contribution >= 0.6 is 23.1 Å². The van der Waals surface area contributed by atoms with Crippen LogP contribution in [0.5, 0.6) is 0 Å². The zero-order chi connectivity index (χ0) is 22.1. The van der Waals surface area contributed by atoms with Gasteiger partial charge < -0.3 is 9.64 Å². The van der Waals surface area contributed by atoms with Crippen LogP contribution in [0.4, 0.5) is 9.93 Å². The molecule has 0 aliphatic heterocycles. The van der Waals surface area contributed by atoms with Gasteiger partial charge in [-0.15, -0.1) is 11.8 Å². The van der Waals surface area contributed by atoms with Crippen molar-refractivity contribution in [3.05, 3.63) is 6.20 Å². The Kier molecular flexibility index (Phi) is 9.96. The Labute approximate surface area is 194 Å². The zero-order valence-electron chi connectivity index (χ0n) is 18.9. The predicted octanol–water partition coefficient (Wildman–Crippen LogP) is 6.32. The Morgan fingerprint density at radius 2 is 1.81 bits per heavy atom. The molecule has 1 heterocycles. The van der Waals surface area contributed by atoms with Gasteiger partial charge in [0.05, 0.1) is 23.4 Å². The molecular formula is C23H37N3O3S2. The maximum absolute atomic E-state index is 13.4. The Hall–Kier alpha value is -1.28. The van der Waals surface area contributed by atoms with E-state index in [9.17, 15) is 9.59 Å². The minimum Gasteiger partial charge on any atom is -0.466 e. The quantitative estimate of drug-likeness (QED) is 0.275. The molecule has 1 aromatic rings. The van der Waals surface area contributed by atoms with E-state index in [0.29, 0.717) is 36.0 Å². The fourth-order valence-electron chi connectivity index (χ4n) is 4.69. The van der Waals surface area contributed by atoms with Crippen LogP contribution in [-0.2, 0) is 9.53 Å². The monoisotopic (exact) mass is 467 g/mol. The van der Waals surface area contributed by atoms with Gasteiger partial charge in [-0.05, 0) is 51.4 Å². The van der Waals surface area contributed by atoms with Gasteiger partial charge in [-0.3, -0.25) is 10.1 Å². The van der Waals surface area contributed by atoms with E-state index >= 15 is 0 Å². The van der Waals surface area contributed by atoms with E-state index in [0.717, 1.165) is 35.8 Å². The van der Waals surface area contributed by atoms with Gasteiger partial charge in [0.2, 0.25) is 0 Å². The summed E-state index contributed by atoms with van der Waals surface area (Å²) in [5, 5.41) is 3.74. The topological polar surface area (TPSA) is 71.5 Å². The third kappa shape index (κ3) is 7.67. The van der Waals surface area contributed by atoms with Crippen molar-refractivity contribution in [2.75, 3.05) is 17.7 Å². The SMILES string of the molecule is CCOC(=O)CCSc1cnc(NC(=O)N(C2CCCCCC2)C2CCC(C)CC2)s1. The van der Waals surface area contributed by atoms with E-state index in [-0.39, 0.29) is 12.0 Å². The lowest BCUT2D eigenvalue weighted by molar-refractivity contribution is -0.142. The van der Waals surface area contributed by atoms with Gasteiger partial charge >= 0.3 is 12.0 Å². The number of rotatable bonds is 8. The molecule has 0 radical (unpaired) electrons. The van der Waals surface area contributed by atoms with Gasteiger partial charge in [0.15, 0.2) is 5.13 Å². The van der Waals surface area contributed by atoms with Crippen molar-refractivity contribution in [2.45, 2.75) is 101 Å². The highest BCUT2D eigenvalue weighted by Gasteiger charge is 2.33. The number of thiazole rings is 1. The first-order valence-electron chi connectivity index (χ1n) is 11.9. The van der Waals surface area contributed by atoms with Crippen LogP contribution < -0.4 is 5.32 Å². The summed E-state index contributed by atoms with van der Waals surface area (Å²) in [4.78, 5) is 31.5. The van der Waals surface area contributed by atoms with Gasteiger partial charge in [0, 0.05) is 17.8 Å². The summed E-state index contributed by atoms with van der Waals surface area (Å²) < 4.78 is 5.97. The number of hydrogen-bond donors (Lipinski definition) is 1. The maximum Gasteiger partial charge on any atom is 0.324 e. The summed E-state index contributed by atoms with van der Waals surface area (Å²) in [6.45, 7) is 4.55. The van der Waals surface area contributed by atoms with Crippen molar-refractivity contribution < 1.29 is 14.3 Å². The zero-order valence-corrected chi connectivity index (χ0v) is 20.6. The van der Waals surface area contributed by atoms with Crippen LogP contribution in [0.2, 0.25) is 0 Å². The van der Waals surface area contributed by atoms with E-state index in [1.165, 1.54) is 49.9 Å². The molecule has 0 aromatic carbocycles. The fraction of sp³-hybridized carbons (Fsp3) is 0.783. The minimum atomic E-state index is -0.172. The number of thioether (sulfide) groups is 1. The standard InChI is InChI=1S/C23H37N3O3S2/c1-3-29-20(27)14-15-30-21-16-24-22(31-21)25-23(28)26(18-8-6-4-5-7-9-18)19-12-10-17(2)11-13-19/h16-19H,3-15H2,1-2H3,(H,24,25,28). The van der Waals surface area contributed by atoms with Crippen LogP contribution in [0, 0.1) is 5.92 Å². The lowest BCUT2D eigenvalue weighted by atomic mass is 9.85. The molecule has 8 heteroatoms. The molecule has 2 aliphatic rings. The average molecular weight is 468 g/mol. The third-order valence-electron chi connectivity index (χ3n) is 6.39. The summed E-state index contributed by atoms with van der Waals surface area (Å²) in [7, 11) is 0. The molecule has 0 saturated heterocycles. The number of urea groups is 1. The minimum absolute atomic E-state index is 0.0175. The number of esters is 1. The molecule has 1 aromatic heterocycles. The first-order valence-corrected chi connectivity index (χ1v) is 13.7. The van der Waals surface area contributed by atoms with Crippen LogP contribution in [0.3, 0.4) is 0 Å². The molecule has 0 bridgehead atoms. The Morgan fingerprint density at radius 3 is 2.48 bits per heavy atom. The lowest BCUT2D eigenvalue weighted by Crippen LogP contribution is -2.50. The van der Waals surface area contributed by atoms with E-state index < -0.39 is 0 Å². The lowest BCUT2D eigenvalue weighted by Gasteiger charge is -2.40. The first kappa shape index (κ1) is 24.4. The molecule has 3 rings (SSSR count). The Morgan fingerprint density at radius 1 is 1.13 bits per heavy atom. The van der Waals surface area contributed by atoms with Crippen LogP contribution in [-0.4, -0.2) is 46.3 Å². The number of anilines is 1. The highest BCUT2D eigenvalue weighted by atomic mass is 32.2. The molecule has 6 nitrogen and oxygen atoms in total. The highest BCUT2D eigenvalue weighted by Crippen LogP contribution is 2.33. The molecule has 0 atom stereocenters. The molecule has 2 amide bonds. The van der Waals surface area contributed by atoms with Crippen molar-refractivity contribution in [3.63, 3.8) is 0 Å². The second-order valence-electron chi connectivity index (χ2n) is 8.78. The smallest absolute Gasteiger partial charge is 0.324 e. The third-order valence-corrected chi connectivity index (χ3v) is 8.49. The van der Waals surface area contributed by atoms with E-state index in [1.54, 1.807) is 18.0 Å². The number of nitrogens with one attached hydrogen (secondary N) is 1. The molecule has 31 heavy (non-hydrogen) atoms. The highest BCUT2D eigenvalue weighted by molar-refractivity contribution is 8.01. The number of hydrogen-bond acceptors (Lipinski definition) is 6. The van der Waals surface area contributed by atoms with E-state index in [2.05, 4.69) is 22.1 Å². The number of carbonyl (C=O) groups excluding carboxylic acids is 2. The first-order chi connectivity index (χ1) is 15.1. The summed E-state index contributed by atoms with van der Waals surface area (Å²) in [6.07, 6.45) is 14.0. The second-order valence-corrected chi connectivity index (χ2v) is 11.2. The number of amides is 2. The van der Waals surface area contributed by atoms with Crippen molar-refractivity contribution in [1.82, 2.24) is 9.88 Å². The number of carbonyl (C=O) groups is 2. The Bertz CT molecular complexity index is 696. The predicted molar refractivity (Wildman–Crippen MR) is 128 cm³/mol. The molecule has 174 valence electrons. The summed E-state index contributed by atoms with van der Waals surface area (Å²) >= 11 is 3.06. The van der Waals surface area contributed by atoms with E-state index in [4.69, 9.17) is 4.74 Å². The van der Waals surface area contributed by atoms with Crippen molar-refractivity contribution >= 4 is 40.2 Å².